The number of nitrogens with zero attached hydrogens (tertiary/aromatic N) is 4. The van der Waals surface area contributed by atoms with Crippen LogP contribution in [0.3, 0.4) is 0 Å². The van der Waals surface area contributed by atoms with E-state index in [0.717, 1.165) is 23.6 Å². The average Bonchev–Trinajstić information content (AvgIpc) is 2.70. The highest BCUT2D eigenvalue weighted by Crippen LogP contribution is 2.13. The molecule has 0 saturated carbocycles. The van der Waals surface area contributed by atoms with Gasteiger partial charge in [-0.1, -0.05) is 0 Å². The summed E-state index contributed by atoms with van der Waals surface area (Å²) in [6.07, 6.45) is 1.85. The molecule has 0 fully saturated rings. The molecule has 86 valence electrons. The van der Waals surface area contributed by atoms with Crippen molar-refractivity contribution in [3.63, 3.8) is 0 Å². The van der Waals surface area contributed by atoms with Gasteiger partial charge in [0.2, 0.25) is 0 Å². The van der Waals surface area contributed by atoms with Gasteiger partial charge in [0.25, 0.3) is 0 Å². The third-order valence-electron chi connectivity index (χ3n) is 2.79. The fraction of sp³-hybridized carbons (Fsp3) is 0.455. The van der Waals surface area contributed by atoms with Gasteiger partial charge >= 0.3 is 0 Å². The first-order chi connectivity index (χ1) is 7.58. The van der Waals surface area contributed by atoms with E-state index >= 15 is 0 Å². The highest BCUT2D eigenvalue weighted by atomic mass is 15.3. The van der Waals surface area contributed by atoms with E-state index in [1.165, 1.54) is 5.69 Å². The SMILES string of the molecule is Cc1cc(CNc2cnn(C)c2C)n(C)n1. The Morgan fingerprint density at radius 1 is 1.25 bits per heavy atom. The molecule has 0 aliphatic rings. The maximum Gasteiger partial charge on any atom is 0.0759 e. The molecule has 0 bridgehead atoms. The Hall–Kier alpha value is -1.78. The largest absolute Gasteiger partial charge is 0.377 e. The molecule has 0 aromatic carbocycles. The average molecular weight is 219 g/mol. The van der Waals surface area contributed by atoms with Crippen molar-refractivity contribution >= 4 is 5.69 Å². The summed E-state index contributed by atoms with van der Waals surface area (Å²) in [5, 5.41) is 11.9. The van der Waals surface area contributed by atoms with Gasteiger partial charge < -0.3 is 5.32 Å². The molecular weight excluding hydrogens is 202 g/mol. The summed E-state index contributed by atoms with van der Waals surface area (Å²) in [7, 11) is 3.90. The van der Waals surface area contributed by atoms with Crippen molar-refractivity contribution in [2.75, 3.05) is 5.32 Å². The molecule has 2 aromatic heterocycles. The third-order valence-corrected chi connectivity index (χ3v) is 2.79. The van der Waals surface area contributed by atoms with Crippen molar-refractivity contribution in [2.45, 2.75) is 20.4 Å². The van der Waals surface area contributed by atoms with Crippen molar-refractivity contribution in [1.82, 2.24) is 19.6 Å². The van der Waals surface area contributed by atoms with Crippen LogP contribution in [0.1, 0.15) is 17.1 Å². The summed E-state index contributed by atoms with van der Waals surface area (Å²) in [6.45, 7) is 4.81. The van der Waals surface area contributed by atoms with Gasteiger partial charge in [0, 0.05) is 14.1 Å². The molecule has 2 aromatic rings. The van der Waals surface area contributed by atoms with Gasteiger partial charge in [0.15, 0.2) is 0 Å². The van der Waals surface area contributed by atoms with Gasteiger partial charge in [-0.3, -0.25) is 9.36 Å². The molecule has 0 aliphatic carbocycles. The highest BCUT2D eigenvalue weighted by Gasteiger charge is 2.05. The molecule has 5 heteroatoms. The van der Waals surface area contributed by atoms with E-state index in [9.17, 15) is 0 Å². The second-order valence-corrected chi connectivity index (χ2v) is 4.02. The van der Waals surface area contributed by atoms with Gasteiger partial charge in [-0.15, -0.1) is 0 Å². The van der Waals surface area contributed by atoms with E-state index in [0.29, 0.717) is 0 Å². The lowest BCUT2D eigenvalue weighted by Gasteiger charge is -2.05. The molecular formula is C11H17N5. The van der Waals surface area contributed by atoms with Crippen molar-refractivity contribution in [1.29, 1.82) is 0 Å². The quantitative estimate of drug-likeness (QED) is 0.848. The van der Waals surface area contributed by atoms with E-state index in [2.05, 4.69) is 21.6 Å². The predicted octanol–water partition coefficient (Wildman–Crippen LogP) is 1.38. The monoisotopic (exact) mass is 219 g/mol. The zero-order chi connectivity index (χ0) is 11.7. The summed E-state index contributed by atoms with van der Waals surface area (Å²) >= 11 is 0. The lowest BCUT2D eigenvalue weighted by atomic mass is 10.3. The Bertz CT molecular complexity index is 492. The zero-order valence-corrected chi connectivity index (χ0v) is 10.2. The predicted molar refractivity (Wildman–Crippen MR) is 63.2 cm³/mol. The fourth-order valence-electron chi connectivity index (χ4n) is 1.69. The Morgan fingerprint density at radius 3 is 2.50 bits per heavy atom. The second-order valence-electron chi connectivity index (χ2n) is 4.02. The molecule has 0 unspecified atom stereocenters. The van der Waals surface area contributed by atoms with Gasteiger partial charge in [0.1, 0.15) is 0 Å². The van der Waals surface area contributed by atoms with Gasteiger partial charge in [-0.05, 0) is 19.9 Å². The van der Waals surface area contributed by atoms with E-state index in [4.69, 9.17) is 0 Å². The number of rotatable bonds is 3. The third kappa shape index (κ3) is 1.93. The molecule has 16 heavy (non-hydrogen) atoms. The molecule has 0 spiro atoms. The number of nitrogens with one attached hydrogen (secondary N) is 1. The smallest absolute Gasteiger partial charge is 0.0759 e. The molecule has 0 saturated heterocycles. The number of aromatic nitrogens is 4. The Morgan fingerprint density at radius 2 is 2.00 bits per heavy atom. The molecule has 2 heterocycles. The summed E-state index contributed by atoms with van der Waals surface area (Å²) in [5.41, 5.74) is 4.42. The van der Waals surface area contributed by atoms with E-state index in [-0.39, 0.29) is 0 Å². The Kier molecular flexibility index (Phi) is 2.68. The van der Waals surface area contributed by atoms with E-state index in [1.807, 2.05) is 43.5 Å². The normalized spacial score (nSPS) is 10.8. The van der Waals surface area contributed by atoms with Crippen molar-refractivity contribution in [3.8, 4) is 0 Å². The van der Waals surface area contributed by atoms with Crippen LogP contribution in [0.4, 0.5) is 5.69 Å². The minimum absolute atomic E-state index is 0.768. The number of anilines is 1. The van der Waals surface area contributed by atoms with Gasteiger partial charge in [-0.2, -0.15) is 10.2 Å². The zero-order valence-electron chi connectivity index (χ0n) is 10.2. The van der Waals surface area contributed by atoms with Crippen molar-refractivity contribution in [3.05, 3.63) is 29.3 Å². The summed E-state index contributed by atoms with van der Waals surface area (Å²) in [5.74, 6) is 0. The molecule has 0 radical (unpaired) electrons. The van der Waals surface area contributed by atoms with Crippen LogP contribution in [0, 0.1) is 13.8 Å². The lowest BCUT2D eigenvalue weighted by Crippen LogP contribution is -2.06. The van der Waals surface area contributed by atoms with Gasteiger partial charge in [-0.25, -0.2) is 0 Å². The van der Waals surface area contributed by atoms with E-state index in [1.54, 1.807) is 0 Å². The van der Waals surface area contributed by atoms with Crippen molar-refractivity contribution in [2.24, 2.45) is 14.1 Å². The van der Waals surface area contributed by atoms with Crippen LogP contribution >= 0.6 is 0 Å². The molecule has 0 aliphatic heterocycles. The molecule has 2 rings (SSSR count). The maximum atomic E-state index is 4.31. The number of hydrogen-bond acceptors (Lipinski definition) is 3. The number of aryl methyl sites for hydroxylation is 3. The standard InChI is InChI=1S/C11H17N5/c1-8-5-10(16(4)14-8)6-12-11-7-13-15(3)9(11)2/h5,7,12H,6H2,1-4H3. The van der Waals surface area contributed by atoms with Crippen LogP contribution in [0.15, 0.2) is 12.3 Å². The van der Waals surface area contributed by atoms with Crippen molar-refractivity contribution < 1.29 is 0 Å². The van der Waals surface area contributed by atoms with Crippen LogP contribution in [-0.2, 0) is 20.6 Å². The molecule has 0 amide bonds. The topological polar surface area (TPSA) is 47.7 Å². The maximum absolute atomic E-state index is 4.31. The first-order valence-electron chi connectivity index (χ1n) is 5.30. The summed E-state index contributed by atoms with van der Waals surface area (Å²) in [4.78, 5) is 0. The Balaban J connectivity index is 2.08. The molecule has 0 atom stereocenters. The van der Waals surface area contributed by atoms with Crippen LogP contribution in [0.2, 0.25) is 0 Å². The van der Waals surface area contributed by atoms with Crippen LogP contribution in [-0.4, -0.2) is 19.6 Å². The summed E-state index contributed by atoms with van der Waals surface area (Å²) < 4.78 is 3.75. The summed E-state index contributed by atoms with van der Waals surface area (Å²) in [6, 6.07) is 2.08. The highest BCUT2D eigenvalue weighted by molar-refractivity contribution is 5.45. The first kappa shape index (κ1) is 10.7. The van der Waals surface area contributed by atoms with Gasteiger partial charge in [0.05, 0.1) is 35.5 Å². The molecule has 5 nitrogen and oxygen atoms in total. The minimum atomic E-state index is 0.768. The Labute approximate surface area is 95.1 Å². The van der Waals surface area contributed by atoms with Crippen LogP contribution < -0.4 is 5.32 Å². The second kappa shape index (κ2) is 4.00. The fourth-order valence-corrected chi connectivity index (χ4v) is 1.69. The molecule has 1 N–H and O–H groups in total. The number of hydrogen-bond donors (Lipinski definition) is 1. The lowest BCUT2D eigenvalue weighted by molar-refractivity contribution is 0.712. The minimum Gasteiger partial charge on any atom is -0.377 e. The van der Waals surface area contributed by atoms with Crippen LogP contribution in [0.25, 0.3) is 0 Å². The van der Waals surface area contributed by atoms with Crippen LogP contribution in [0.5, 0.6) is 0 Å². The first-order valence-corrected chi connectivity index (χ1v) is 5.30. The van der Waals surface area contributed by atoms with E-state index < -0.39 is 0 Å².